The molecule has 0 aliphatic carbocycles. The molecule has 0 aromatic heterocycles. The SMILES string of the molecule is CCOc1ccc([Te]c2ccc(N(C)C)cc2)cc1. The third-order valence-electron chi connectivity index (χ3n) is 2.72. The van der Waals surface area contributed by atoms with Crippen LogP contribution in [-0.2, 0) is 0 Å². The third-order valence-corrected chi connectivity index (χ3v) is 5.62. The summed E-state index contributed by atoms with van der Waals surface area (Å²) in [5, 5.41) is 0. The molecule has 0 aliphatic rings. The normalized spacial score (nSPS) is 10.3. The molecule has 19 heavy (non-hydrogen) atoms. The number of hydrogen-bond acceptors (Lipinski definition) is 2. The molecule has 0 heterocycles. The third kappa shape index (κ3) is 4.16. The van der Waals surface area contributed by atoms with Gasteiger partial charge in [0.2, 0.25) is 0 Å². The summed E-state index contributed by atoms with van der Waals surface area (Å²) in [6, 6.07) is 17.4. The van der Waals surface area contributed by atoms with Crippen LogP contribution in [0.4, 0.5) is 5.69 Å². The Kier molecular flexibility index (Phi) is 5.13. The van der Waals surface area contributed by atoms with Gasteiger partial charge in [-0.3, -0.25) is 0 Å². The molecule has 2 rings (SSSR count). The topological polar surface area (TPSA) is 12.5 Å². The Morgan fingerprint density at radius 2 is 1.42 bits per heavy atom. The average molecular weight is 369 g/mol. The molecular formula is C16H19NOTe. The van der Waals surface area contributed by atoms with Gasteiger partial charge in [0, 0.05) is 0 Å². The molecular weight excluding hydrogens is 350 g/mol. The van der Waals surface area contributed by atoms with Crippen LogP contribution in [0, 0.1) is 0 Å². The zero-order chi connectivity index (χ0) is 13.7. The van der Waals surface area contributed by atoms with Crippen molar-refractivity contribution in [1.82, 2.24) is 0 Å². The van der Waals surface area contributed by atoms with Gasteiger partial charge in [0.05, 0.1) is 0 Å². The van der Waals surface area contributed by atoms with Crippen molar-refractivity contribution in [1.29, 1.82) is 0 Å². The van der Waals surface area contributed by atoms with Gasteiger partial charge < -0.3 is 0 Å². The van der Waals surface area contributed by atoms with Gasteiger partial charge in [-0.1, -0.05) is 0 Å². The summed E-state index contributed by atoms with van der Waals surface area (Å²) in [5.41, 5.74) is 1.25. The molecule has 2 aromatic rings. The van der Waals surface area contributed by atoms with Crippen LogP contribution in [0.25, 0.3) is 0 Å². The van der Waals surface area contributed by atoms with E-state index in [1.54, 1.807) is 0 Å². The van der Waals surface area contributed by atoms with E-state index in [-0.39, 0.29) is 20.9 Å². The van der Waals surface area contributed by atoms with E-state index in [0.717, 1.165) is 12.4 Å². The Labute approximate surface area is 125 Å². The second-order valence-electron chi connectivity index (χ2n) is 4.39. The molecule has 2 aromatic carbocycles. The quantitative estimate of drug-likeness (QED) is 0.746. The van der Waals surface area contributed by atoms with E-state index >= 15 is 0 Å². The van der Waals surface area contributed by atoms with Crippen LogP contribution in [0.15, 0.2) is 48.5 Å². The molecule has 100 valence electrons. The van der Waals surface area contributed by atoms with E-state index in [9.17, 15) is 0 Å². The predicted molar refractivity (Wildman–Crippen MR) is 83.4 cm³/mol. The van der Waals surface area contributed by atoms with Crippen LogP contribution in [0.5, 0.6) is 5.75 Å². The monoisotopic (exact) mass is 371 g/mol. The van der Waals surface area contributed by atoms with Gasteiger partial charge in [0.15, 0.2) is 0 Å². The Hall–Kier alpha value is -1.17. The Morgan fingerprint density at radius 1 is 0.895 bits per heavy atom. The van der Waals surface area contributed by atoms with Crippen molar-refractivity contribution in [2.45, 2.75) is 6.92 Å². The van der Waals surface area contributed by atoms with E-state index in [1.165, 1.54) is 12.9 Å². The van der Waals surface area contributed by atoms with Crippen LogP contribution in [0.1, 0.15) is 6.92 Å². The van der Waals surface area contributed by atoms with Crippen molar-refractivity contribution in [2.75, 3.05) is 25.6 Å². The van der Waals surface area contributed by atoms with Crippen molar-refractivity contribution in [2.24, 2.45) is 0 Å². The summed E-state index contributed by atoms with van der Waals surface area (Å²) < 4.78 is 8.36. The maximum absolute atomic E-state index is 5.46. The second-order valence-corrected chi connectivity index (χ2v) is 7.67. The molecule has 0 radical (unpaired) electrons. The first-order valence-electron chi connectivity index (χ1n) is 6.37. The zero-order valence-corrected chi connectivity index (χ0v) is 13.9. The Balaban J connectivity index is 2.04. The summed E-state index contributed by atoms with van der Waals surface area (Å²) in [4.78, 5) is 2.13. The fraction of sp³-hybridized carbons (Fsp3) is 0.250. The molecule has 0 aliphatic heterocycles. The predicted octanol–water partition coefficient (Wildman–Crippen LogP) is 1.81. The minimum absolute atomic E-state index is 0.293. The van der Waals surface area contributed by atoms with Crippen LogP contribution >= 0.6 is 0 Å². The van der Waals surface area contributed by atoms with Crippen LogP contribution < -0.4 is 16.9 Å². The van der Waals surface area contributed by atoms with Gasteiger partial charge >= 0.3 is 125 Å². The van der Waals surface area contributed by atoms with Gasteiger partial charge in [-0.15, -0.1) is 0 Å². The molecule has 0 saturated carbocycles. The van der Waals surface area contributed by atoms with Crippen molar-refractivity contribution < 1.29 is 4.74 Å². The summed E-state index contributed by atoms with van der Waals surface area (Å²) in [6.07, 6.45) is 0. The van der Waals surface area contributed by atoms with E-state index in [1.807, 2.05) is 6.92 Å². The van der Waals surface area contributed by atoms with Gasteiger partial charge in [-0.05, 0) is 0 Å². The number of anilines is 1. The summed E-state index contributed by atoms with van der Waals surface area (Å²) in [7, 11) is 4.14. The average Bonchev–Trinajstić information content (AvgIpc) is 2.42. The van der Waals surface area contributed by atoms with Crippen molar-refractivity contribution in [3.8, 4) is 5.75 Å². The first kappa shape index (κ1) is 14.2. The molecule has 0 unspecified atom stereocenters. The number of benzene rings is 2. The van der Waals surface area contributed by atoms with E-state index in [2.05, 4.69) is 67.5 Å². The Morgan fingerprint density at radius 3 is 1.89 bits per heavy atom. The van der Waals surface area contributed by atoms with Gasteiger partial charge in [-0.2, -0.15) is 0 Å². The fourth-order valence-electron chi connectivity index (χ4n) is 1.72. The van der Waals surface area contributed by atoms with Crippen LogP contribution in [0.2, 0.25) is 0 Å². The number of rotatable bonds is 5. The molecule has 2 nitrogen and oxygen atoms in total. The van der Waals surface area contributed by atoms with E-state index < -0.39 is 0 Å². The minimum atomic E-state index is -0.293. The maximum atomic E-state index is 5.46. The second kappa shape index (κ2) is 6.84. The van der Waals surface area contributed by atoms with E-state index in [4.69, 9.17) is 4.74 Å². The van der Waals surface area contributed by atoms with E-state index in [0.29, 0.717) is 0 Å². The van der Waals surface area contributed by atoms with Gasteiger partial charge in [0.25, 0.3) is 0 Å². The molecule has 0 amide bonds. The van der Waals surface area contributed by atoms with Gasteiger partial charge in [0.1, 0.15) is 0 Å². The van der Waals surface area contributed by atoms with Crippen molar-refractivity contribution >= 4 is 33.8 Å². The molecule has 0 N–H and O–H groups in total. The zero-order valence-electron chi connectivity index (χ0n) is 11.6. The molecule has 0 atom stereocenters. The Bertz CT molecular complexity index is 505. The van der Waals surface area contributed by atoms with Crippen LogP contribution in [0.3, 0.4) is 0 Å². The first-order chi connectivity index (χ1) is 9.19. The van der Waals surface area contributed by atoms with Gasteiger partial charge in [-0.25, -0.2) is 0 Å². The summed E-state index contributed by atoms with van der Waals surface area (Å²) in [6.45, 7) is 2.73. The number of nitrogens with zero attached hydrogens (tertiary/aromatic N) is 1. The molecule has 3 heteroatoms. The standard InChI is InChI=1S/C16H19NOTe/c1-4-18-14-7-11-16(12-8-14)19-15-9-5-13(6-10-15)17(2)3/h5-12H,4H2,1-3H3. The molecule has 0 spiro atoms. The number of ether oxygens (including phenoxy) is 1. The fourth-order valence-corrected chi connectivity index (χ4v) is 4.05. The van der Waals surface area contributed by atoms with Crippen molar-refractivity contribution in [3.05, 3.63) is 48.5 Å². The molecule has 0 fully saturated rings. The van der Waals surface area contributed by atoms with Crippen molar-refractivity contribution in [3.63, 3.8) is 0 Å². The summed E-state index contributed by atoms with van der Waals surface area (Å²) in [5.74, 6) is 0.960. The molecule has 0 saturated heterocycles. The summed E-state index contributed by atoms with van der Waals surface area (Å²) >= 11 is -0.293. The first-order valence-corrected chi connectivity index (χ1v) is 8.70. The number of hydrogen-bond donors (Lipinski definition) is 0. The molecule has 0 bridgehead atoms. The van der Waals surface area contributed by atoms with Crippen LogP contribution in [-0.4, -0.2) is 41.6 Å².